The number of amides is 1. The number of non-ortho nitro benzene ring substituents is 1. The number of hydrazone groups is 1. The minimum atomic E-state index is -0.442. The fourth-order valence-electron chi connectivity index (χ4n) is 2.52. The third kappa shape index (κ3) is 5.46. The van der Waals surface area contributed by atoms with Crippen LogP contribution < -0.4 is 9.47 Å². The smallest absolute Gasteiger partial charge is 0.269 e. The van der Waals surface area contributed by atoms with Gasteiger partial charge < -0.3 is 9.47 Å². The Balaban J connectivity index is 1.78. The van der Waals surface area contributed by atoms with Crippen molar-refractivity contribution >= 4 is 68.7 Å². The second-order valence-electron chi connectivity index (χ2n) is 5.98. The van der Waals surface area contributed by atoms with Crippen LogP contribution in [0.15, 0.2) is 41.5 Å². The number of benzene rings is 2. The molecule has 0 bridgehead atoms. The van der Waals surface area contributed by atoms with Crippen LogP contribution in [0.25, 0.3) is 0 Å². The van der Waals surface area contributed by atoms with Crippen LogP contribution in [0.5, 0.6) is 11.5 Å². The lowest BCUT2D eigenvalue weighted by atomic mass is 10.2. The van der Waals surface area contributed by atoms with Crippen molar-refractivity contribution in [2.45, 2.75) is 13.5 Å². The van der Waals surface area contributed by atoms with Gasteiger partial charge in [0.2, 0.25) is 0 Å². The molecule has 0 spiro atoms. The molecule has 0 radical (unpaired) electrons. The number of halogens is 1. The highest BCUT2D eigenvalue weighted by Gasteiger charge is 2.26. The topological polar surface area (TPSA) is 94.3 Å². The molecule has 1 aliphatic rings. The Kier molecular flexibility index (Phi) is 7.61. The molecule has 1 fully saturated rings. The maximum absolute atomic E-state index is 11.8. The predicted octanol–water partition coefficient (Wildman–Crippen LogP) is 4.37. The van der Waals surface area contributed by atoms with Crippen molar-refractivity contribution in [3.63, 3.8) is 0 Å². The lowest BCUT2D eigenvalue weighted by Crippen LogP contribution is -2.22. The molecule has 11 heteroatoms. The van der Waals surface area contributed by atoms with Crippen molar-refractivity contribution in [3.05, 3.63) is 61.2 Å². The molecule has 2 aromatic rings. The number of hydrogen-bond donors (Lipinski definition) is 0. The van der Waals surface area contributed by atoms with Gasteiger partial charge in [-0.2, -0.15) is 10.1 Å². The Morgan fingerprint density at radius 3 is 2.67 bits per heavy atom. The Bertz CT molecular complexity index is 998. The van der Waals surface area contributed by atoms with Crippen LogP contribution in [0, 0.1) is 13.7 Å². The number of thioether (sulfide) groups is 1. The Morgan fingerprint density at radius 2 is 2.07 bits per heavy atom. The van der Waals surface area contributed by atoms with Crippen LogP contribution in [0.1, 0.15) is 18.1 Å². The van der Waals surface area contributed by atoms with Crippen LogP contribution in [0.3, 0.4) is 0 Å². The third-order valence-corrected chi connectivity index (χ3v) is 6.05. The van der Waals surface area contributed by atoms with E-state index in [1.54, 1.807) is 24.4 Å². The second-order valence-corrected chi connectivity index (χ2v) is 8.75. The molecule has 8 nitrogen and oxygen atoms in total. The largest absolute Gasteiger partial charge is 0.490 e. The highest BCUT2D eigenvalue weighted by Crippen LogP contribution is 2.34. The van der Waals surface area contributed by atoms with Gasteiger partial charge in [0.15, 0.2) is 15.8 Å². The summed E-state index contributed by atoms with van der Waals surface area (Å²) < 4.78 is 12.9. The van der Waals surface area contributed by atoms with Crippen molar-refractivity contribution < 1.29 is 19.2 Å². The predicted molar refractivity (Wildman–Crippen MR) is 127 cm³/mol. The van der Waals surface area contributed by atoms with E-state index >= 15 is 0 Å². The van der Waals surface area contributed by atoms with E-state index in [4.69, 9.17) is 21.7 Å². The molecule has 0 atom stereocenters. The maximum Gasteiger partial charge on any atom is 0.269 e. The number of ether oxygens (including phenoxy) is 2. The van der Waals surface area contributed by atoms with Gasteiger partial charge in [-0.05, 0) is 64.9 Å². The summed E-state index contributed by atoms with van der Waals surface area (Å²) in [4.78, 5) is 22.1. The molecule has 1 amide bonds. The zero-order valence-corrected chi connectivity index (χ0v) is 19.5. The minimum Gasteiger partial charge on any atom is -0.490 e. The highest BCUT2D eigenvalue weighted by atomic mass is 127. The molecule has 0 aliphatic carbocycles. The van der Waals surface area contributed by atoms with Crippen molar-refractivity contribution in [1.82, 2.24) is 5.01 Å². The van der Waals surface area contributed by atoms with Gasteiger partial charge in [-0.25, -0.2) is 0 Å². The molecule has 2 aromatic carbocycles. The lowest BCUT2D eigenvalue weighted by Gasteiger charge is -2.15. The van der Waals surface area contributed by atoms with E-state index in [0.29, 0.717) is 28.2 Å². The van der Waals surface area contributed by atoms with E-state index in [1.807, 2.05) is 13.0 Å². The fraction of sp³-hybridized carbons (Fsp3) is 0.211. The highest BCUT2D eigenvalue weighted by molar-refractivity contribution is 14.1. The first-order valence-electron chi connectivity index (χ1n) is 8.75. The lowest BCUT2D eigenvalue weighted by molar-refractivity contribution is -0.384. The van der Waals surface area contributed by atoms with Gasteiger partial charge in [-0.3, -0.25) is 14.9 Å². The number of nitrogens with zero attached hydrogens (tertiary/aromatic N) is 3. The van der Waals surface area contributed by atoms with Crippen LogP contribution in [0.4, 0.5) is 5.69 Å². The number of hydrogen-bond acceptors (Lipinski definition) is 8. The van der Waals surface area contributed by atoms with Gasteiger partial charge in [-0.15, -0.1) is 0 Å². The van der Waals surface area contributed by atoms with Gasteiger partial charge in [0.25, 0.3) is 11.6 Å². The van der Waals surface area contributed by atoms with E-state index in [2.05, 4.69) is 27.7 Å². The number of carbonyl (C=O) groups excluding carboxylic acids is 1. The number of nitro benzene ring substituents is 1. The SMILES string of the molecule is CCOc1cc(/C=N/N2C(=O)CSC2=S)cc(I)c1OCc1ccc([N+](=O)[O-])cc1. The van der Waals surface area contributed by atoms with Gasteiger partial charge in [-0.1, -0.05) is 24.0 Å². The number of rotatable bonds is 8. The van der Waals surface area contributed by atoms with E-state index in [0.717, 1.165) is 14.7 Å². The molecule has 30 heavy (non-hydrogen) atoms. The molecule has 156 valence electrons. The van der Waals surface area contributed by atoms with Crippen molar-refractivity contribution in [2.24, 2.45) is 5.10 Å². The average molecular weight is 557 g/mol. The normalized spacial score (nSPS) is 13.9. The molecule has 1 saturated heterocycles. The molecular weight excluding hydrogens is 541 g/mol. The average Bonchev–Trinajstić information content (AvgIpc) is 3.04. The quantitative estimate of drug-likeness (QED) is 0.157. The summed E-state index contributed by atoms with van der Waals surface area (Å²) in [7, 11) is 0. The second kappa shape index (κ2) is 10.2. The van der Waals surface area contributed by atoms with E-state index < -0.39 is 4.92 Å². The molecule has 1 heterocycles. The van der Waals surface area contributed by atoms with Gasteiger partial charge in [0, 0.05) is 12.1 Å². The summed E-state index contributed by atoms with van der Waals surface area (Å²) >= 11 is 8.54. The fourth-order valence-corrected chi connectivity index (χ4v) is 4.27. The zero-order chi connectivity index (χ0) is 21.7. The number of nitro groups is 1. The zero-order valence-electron chi connectivity index (χ0n) is 15.7. The van der Waals surface area contributed by atoms with Crippen LogP contribution in [0.2, 0.25) is 0 Å². The summed E-state index contributed by atoms with van der Waals surface area (Å²) in [6, 6.07) is 9.82. The van der Waals surface area contributed by atoms with E-state index in [-0.39, 0.29) is 18.2 Å². The molecular formula is C19H16IN3O5S2. The van der Waals surface area contributed by atoms with E-state index in [1.165, 1.54) is 28.9 Å². The Hall–Kier alpha value is -2.25. The molecule has 3 rings (SSSR count). The van der Waals surface area contributed by atoms with Crippen LogP contribution in [-0.4, -0.2) is 38.7 Å². The summed E-state index contributed by atoms with van der Waals surface area (Å²) in [5, 5.41) is 16.2. The number of carbonyl (C=O) groups is 1. The maximum atomic E-state index is 11.8. The molecule has 1 aliphatic heterocycles. The van der Waals surface area contributed by atoms with Crippen LogP contribution in [-0.2, 0) is 11.4 Å². The molecule has 0 N–H and O–H groups in total. The van der Waals surface area contributed by atoms with Gasteiger partial charge in [0.1, 0.15) is 6.61 Å². The Labute approximate surface area is 195 Å². The van der Waals surface area contributed by atoms with Crippen molar-refractivity contribution in [1.29, 1.82) is 0 Å². The molecule has 0 saturated carbocycles. The van der Waals surface area contributed by atoms with Crippen molar-refractivity contribution in [3.8, 4) is 11.5 Å². The van der Waals surface area contributed by atoms with Crippen molar-refractivity contribution in [2.75, 3.05) is 12.4 Å². The molecule has 0 unspecified atom stereocenters. The van der Waals surface area contributed by atoms with Crippen LogP contribution >= 0.6 is 46.6 Å². The first kappa shape index (κ1) is 22.4. The first-order valence-corrected chi connectivity index (χ1v) is 11.2. The standard InChI is InChI=1S/C19H16IN3O5S2/c1-2-27-16-8-13(9-21-22-17(24)11-30-19(22)29)7-15(20)18(16)28-10-12-3-5-14(6-4-12)23(25)26/h3-9H,2,10-11H2,1H3/b21-9+. The number of thiocarbonyl (C=S) groups is 1. The monoisotopic (exact) mass is 557 g/mol. The first-order chi connectivity index (χ1) is 14.4. The summed E-state index contributed by atoms with van der Waals surface area (Å²) in [5.41, 5.74) is 1.56. The minimum absolute atomic E-state index is 0.0290. The third-order valence-electron chi connectivity index (χ3n) is 3.91. The summed E-state index contributed by atoms with van der Waals surface area (Å²) in [6.07, 6.45) is 1.56. The van der Waals surface area contributed by atoms with E-state index in [9.17, 15) is 14.9 Å². The van der Waals surface area contributed by atoms with Gasteiger partial charge in [0.05, 0.1) is 27.1 Å². The van der Waals surface area contributed by atoms with Gasteiger partial charge >= 0.3 is 0 Å². The Morgan fingerprint density at radius 1 is 1.33 bits per heavy atom. The molecule has 0 aromatic heterocycles. The summed E-state index contributed by atoms with van der Waals surface area (Å²) in [6.45, 7) is 2.54. The summed E-state index contributed by atoms with van der Waals surface area (Å²) in [5.74, 6) is 1.26.